The molecule has 0 bridgehead atoms. The van der Waals surface area contributed by atoms with E-state index in [0.717, 1.165) is 0 Å². The average Bonchev–Trinajstić information content (AvgIpc) is 3.53. The van der Waals surface area contributed by atoms with Crippen LogP contribution in [0, 0.1) is 0 Å². The number of hydrogen-bond donors (Lipinski definition) is 0. The maximum absolute atomic E-state index is 13.1. The lowest BCUT2D eigenvalue weighted by molar-refractivity contribution is -0.113. The first-order valence-corrected chi connectivity index (χ1v) is 11.2. The Bertz CT molecular complexity index is 1350. The molecule has 1 saturated heterocycles. The van der Waals surface area contributed by atoms with Crippen molar-refractivity contribution in [1.82, 2.24) is 0 Å². The number of methoxy groups -OCH3 is 1. The lowest BCUT2D eigenvalue weighted by atomic mass is 10.1. The van der Waals surface area contributed by atoms with Gasteiger partial charge in [-0.25, -0.2) is 4.79 Å². The first kappa shape index (κ1) is 21.6. The zero-order chi connectivity index (χ0) is 23.1. The van der Waals surface area contributed by atoms with Gasteiger partial charge in [0, 0.05) is 17.7 Å². The lowest BCUT2D eigenvalue weighted by Gasteiger charge is -2.14. The van der Waals surface area contributed by atoms with Crippen LogP contribution in [0.15, 0.2) is 57.9 Å². The molecule has 1 aromatic heterocycles. The summed E-state index contributed by atoms with van der Waals surface area (Å²) in [5, 5.41) is 0.282. The van der Waals surface area contributed by atoms with E-state index in [1.807, 2.05) is 0 Å². The number of thioether (sulfide) groups is 1. The maximum atomic E-state index is 13.1. The minimum atomic E-state index is -0.541. The van der Waals surface area contributed by atoms with Crippen molar-refractivity contribution in [2.45, 2.75) is 0 Å². The average molecular weight is 500 g/mol. The molecule has 1 amide bonds. The highest BCUT2D eigenvalue weighted by atomic mass is 35.5. The Kier molecular flexibility index (Phi) is 5.61. The van der Waals surface area contributed by atoms with E-state index in [0.29, 0.717) is 43.5 Å². The zero-order valence-corrected chi connectivity index (χ0v) is 19.4. The molecule has 0 aliphatic carbocycles. The molecule has 0 N–H and O–H groups in total. The molecule has 0 radical (unpaired) electrons. The summed E-state index contributed by atoms with van der Waals surface area (Å²) in [6.45, 7) is 0.145. The molecule has 3 heterocycles. The topological polar surface area (TPSA) is 78.2 Å². The molecular formula is C23H14ClNO6S2. The van der Waals surface area contributed by atoms with Crippen LogP contribution >= 0.6 is 35.6 Å². The molecule has 0 saturated carbocycles. The minimum Gasteiger partial charge on any atom is -0.465 e. The Morgan fingerprint density at radius 1 is 1.15 bits per heavy atom. The second-order valence-corrected chi connectivity index (χ2v) is 9.03. The lowest BCUT2D eigenvalue weighted by Crippen LogP contribution is -2.27. The number of amides is 1. The van der Waals surface area contributed by atoms with Crippen molar-refractivity contribution >= 4 is 63.5 Å². The normalized spacial score (nSPS) is 16.1. The molecule has 5 rings (SSSR count). The van der Waals surface area contributed by atoms with Gasteiger partial charge in [0.05, 0.1) is 28.3 Å². The van der Waals surface area contributed by atoms with Crippen LogP contribution in [0.2, 0.25) is 5.02 Å². The van der Waals surface area contributed by atoms with Crippen LogP contribution in [0.25, 0.3) is 17.4 Å². The Labute approximate surface area is 202 Å². The number of thiocarbonyl (C=S) groups is 1. The number of furan rings is 1. The standard InChI is InChI=1S/C23H14ClNO6S2/c1-28-22(27)15-8-12(2-5-16(15)24)17-7-4-14(31-17)10-20-21(26)25(23(32)33-20)13-3-6-18-19(9-13)30-11-29-18/h2-10H,11H2,1H3/b20-10+. The number of benzene rings is 2. The minimum absolute atomic E-state index is 0.145. The smallest absolute Gasteiger partial charge is 0.339 e. The van der Waals surface area contributed by atoms with Gasteiger partial charge in [0.2, 0.25) is 6.79 Å². The molecular weight excluding hydrogens is 486 g/mol. The monoisotopic (exact) mass is 499 g/mol. The van der Waals surface area contributed by atoms with Gasteiger partial charge in [-0.15, -0.1) is 0 Å². The van der Waals surface area contributed by atoms with Crippen molar-refractivity contribution in [3.63, 3.8) is 0 Å². The summed E-state index contributed by atoms with van der Waals surface area (Å²) in [6, 6.07) is 13.6. The fourth-order valence-corrected chi connectivity index (χ4v) is 4.85. The molecule has 3 aromatic rings. The predicted molar refractivity (Wildman–Crippen MR) is 129 cm³/mol. The van der Waals surface area contributed by atoms with Gasteiger partial charge >= 0.3 is 5.97 Å². The number of carbonyl (C=O) groups excluding carboxylic acids is 2. The van der Waals surface area contributed by atoms with Crippen LogP contribution < -0.4 is 14.4 Å². The Balaban J connectivity index is 1.40. The van der Waals surface area contributed by atoms with E-state index in [-0.39, 0.29) is 23.3 Å². The second-order valence-electron chi connectivity index (χ2n) is 6.94. The number of carbonyl (C=O) groups is 2. The molecule has 7 nitrogen and oxygen atoms in total. The number of halogens is 1. The highest BCUT2D eigenvalue weighted by Crippen LogP contribution is 2.41. The van der Waals surface area contributed by atoms with Gasteiger partial charge in [0.25, 0.3) is 5.91 Å². The number of hydrogen-bond acceptors (Lipinski definition) is 8. The summed E-state index contributed by atoms with van der Waals surface area (Å²) in [6.07, 6.45) is 1.63. The third-order valence-electron chi connectivity index (χ3n) is 4.96. The van der Waals surface area contributed by atoms with Gasteiger partial charge in [0.1, 0.15) is 11.5 Å². The van der Waals surface area contributed by atoms with Crippen LogP contribution in [0.5, 0.6) is 11.5 Å². The van der Waals surface area contributed by atoms with E-state index in [1.54, 1.807) is 54.6 Å². The third-order valence-corrected chi connectivity index (χ3v) is 6.60. The van der Waals surface area contributed by atoms with Crippen molar-refractivity contribution < 1.29 is 28.2 Å². The van der Waals surface area contributed by atoms with Crippen molar-refractivity contribution in [3.05, 3.63) is 69.8 Å². The number of fused-ring (bicyclic) bond motifs is 1. The zero-order valence-electron chi connectivity index (χ0n) is 17.0. The molecule has 33 heavy (non-hydrogen) atoms. The summed E-state index contributed by atoms with van der Waals surface area (Å²) in [5.74, 6) is 1.36. The molecule has 166 valence electrons. The largest absolute Gasteiger partial charge is 0.465 e. The number of nitrogens with zero attached hydrogens (tertiary/aromatic N) is 1. The van der Waals surface area contributed by atoms with Crippen LogP contribution in [-0.4, -0.2) is 30.1 Å². The Hall–Kier alpha value is -3.27. The summed E-state index contributed by atoms with van der Waals surface area (Å²) >= 11 is 12.7. The fourth-order valence-electron chi connectivity index (χ4n) is 3.37. The van der Waals surface area contributed by atoms with Gasteiger partial charge < -0.3 is 18.6 Å². The van der Waals surface area contributed by atoms with Crippen molar-refractivity contribution in [1.29, 1.82) is 0 Å². The molecule has 0 unspecified atom stereocenters. The molecule has 2 aliphatic heterocycles. The van der Waals surface area contributed by atoms with Gasteiger partial charge in [-0.1, -0.05) is 35.6 Å². The molecule has 2 aromatic carbocycles. The molecule has 10 heteroatoms. The van der Waals surface area contributed by atoms with Crippen molar-refractivity contribution in [3.8, 4) is 22.8 Å². The molecule has 2 aliphatic rings. The number of rotatable bonds is 4. The van der Waals surface area contributed by atoms with E-state index < -0.39 is 5.97 Å². The second kappa shape index (κ2) is 8.58. The van der Waals surface area contributed by atoms with Gasteiger partial charge in [0.15, 0.2) is 15.8 Å². The van der Waals surface area contributed by atoms with E-state index in [9.17, 15) is 9.59 Å². The number of anilines is 1. The van der Waals surface area contributed by atoms with Gasteiger partial charge in [-0.3, -0.25) is 9.69 Å². The highest BCUT2D eigenvalue weighted by Gasteiger charge is 2.34. The van der Waals surface area contributed by atoms with Gasteiger partial charge in [-0.05, 0) is 42.5 Å². The summed E-state index contributed by atoms with van der Waals surface area (Å²) in [4.78, 5) is 26.8. The van der Waals surface area contributed by atoms with E-state index in [4.69, 9.17) is 42.4 Å². The van der Waals surface area contributed by atoms with Crippen LogP contribution in [0.4, 0.5) is 5.69 Å². The third kappa shape index (κ3) is 3.99. The van der Waals surface area contributed by atoms with Crippen LogP contribution in [-0.2, 0) is 9.53 Å². The summed E-state index contributed by atoms with van der Waals surface area (Å²) < 4.78 is 21.8. The van der Waals surface area contributed by atoms with Crippen LogP contribution in [0.1, 0.15) is 16.1 Å². The molecule has 0 spiro atoms. The predicted octanol–water partition coefficient (Wildman–Crippen LogP) is 5.52. The van der Waals surface area contributed by atoms with E-state index in [1.165, 1.54) is 23.8 Å². The van der Waals surface area contributed by atoms with Crippen LogP contribution in [0.3, 0.4) is 0 Å². The maximum Gasteiger partial charge on any atom is 0.339 e. The first-order valence-electron chi connectivity index (χ1n) is 9.60. The summed E-state index contributed by atoms with van der Waals surface area (Å²) in [7, 11) is 1.29. The van der Waals surface area contributed by atoms with Gasteiger partial charge in [-0.2, -0.15) is 0 Å². The molecule has 1 fully saturated rings. The highest BCUT2D eigenvalue weighted by molar-refractivity contribution is 8.27. The summed E-state index contributed by atoms with van der Waals surface area (Å²) in [5.41, 5.74) is 1.48. The SMILES string of the molecule is COC(=O)c1cc(-c2ccc(/C=C3/SC(=S)N(c4ccc5c(c4)OCO5)C3=O)o2)ccc1Cl. The van der Waals surface area contributed by atoms with Crippen molar-refractivity contribution in [2.75, 3.05) is 18.8 Å². The number of ether oxygens (including phenoxy) is 3. The first-order chi connectivity index (χ1) is 15.9. The number of esters is 1. The fraction of sp³-hybridized carbons (Fsp3) is 0.0870. The molecule has 0 atom stereocenters. The Morgan fingerprint density at radius 2 is 1.97 bits per heavy atom. The quantitative estimate of drug-likeness (QED) is 0.264. The Morgan fingerprint density at radius 3 is 2.79 bits per heavy atom. The van der Waals surface area contributed by atoms with Crippen molar-refractivity contribution in [2.24, 2.45) is 0 Å². The van der Waals surface area contributed by atoms with E-state index >= 15 is 0 Å². The van der Waals surface area contributed by atoms with E-state index in [2.05, 4.69) is 0 Å².